The highest BCUT2D eigenvalue weighted by Crippen LogP contribution is 2.27. The van der Waals surface area contributed by atoms with Crippen molar-refractivity contribution < 1.29 is 0 Å². The van der Waals surface area contributed by atoms with Gasteiger partial charge in [-0.25, -0.2) is 4.98 Å². The molecule has 0 aliphatic carbocycles. The molecule has 4 heteroatoms. The molecule has 3 nitrogen and oxygen atoms in total. The van der Waals surface area contributed by atoms with Crippen molar-refractivity contribution in [1.29, 1.82) is 0 Å². The molecule has 1 saturated heterocycles. The van der Waals surface area contributed by atoms with Gasteiger partial charge in [-0.05, 0) is 24.2 Å². The van der Waals surface area contributed by atoms with E-state index in [1.807, 2.05) is 6.20 Å². The van der Waals surface area contributed by atoms with Crippen molar-refractivity contribution in [3.05, 3.63) is 23.9 Å². The third kappa shape index (κ3) is 3.62. The Labute approximate surface area is 114 Å². The summed E-state index contributed by atoms with van der Waals surface area (Å²) in [5.41, 5.74) is 1.32. The molecule has 2 heterocycles. The average molecular weight is 265 g/mol. The summed E-state index contributed by atoms with van der Waals surface area (Å²) in [7, 11) is 0. The van der Waals surface area contributed by atoms with Crippen LogP contribution in [0.1, 0.15) is 26.3 Å². The molecule has 0 aromatic carbocycles. The zero-order valence-corrected chi connectivity index (χ0v) is 12.3. The third-order valence-corrected chi connectivity index (χ3v) is 4.36. The van der Waals surface area contributed by atoms with E-state index in [1.54, 1.807) is 0 Å². The van der Waals surface area contributed by atoms with Gasteiger partial charge in [0.2, 0.25) is 0 Å². The summed E-state index contributed by atoms with van der Waals surface area (Å²) >= 11 is 2.08. The van der Waals surface area contributed by atoms with Gasteiger partial charge in [0, 0.05) is 36.3 Å². The van der Waals surface area contributed by atoms with E-state index in [1.165, 1.54) is 5.56 Å². The van der Waals surface area contributed by atoms with Gasteiger partial charge in [-0.2, -0.15) is 11.8 Å². The fourth-order valence-corrected chi connectivity index (χ4v) is 3.70. The van der Waals surface area contributed by atoms with Gasteiger partial charge in [0.15, 0.2) is 0 Å². The van der Waals surface area contributed by atoms with Crippen LogP contribution in [0.15, 0.2) is 18.3 Å². The predicted octanol–water partition coefficient (Wildman–Crippen LogP) is 2.52. The van der Waals surface area contributed by atoms with E-state index >= 15 is 0 Å². The molecule has 0 bridgehead atoms. The highest BCUT2D eigenvalue weighted by Gasteiger charge is 2.23. The fourth-order valence-electron chi connectivity index (χ4n) is 2.38. The summed E-state index contributed by atoms with van der Waals surface area (Å²) in [6.45, 7) is 10.9. The zero-order valence-electron chi connectivity index (χ0n) is 11.5. The number of hydrogen-bond acceptors (Lipinski definition) is 4. The quantitative estimate of drug-likeness (QED) is 0.905. The lowest BCUT2D eigenvalue weighted by molar-refractivity contribution is 0.708. The van der Waals surface area contributed by atoms with Crippen LogP contribution in [0.5, 0.6) is 0 Å². The molecule has 2 rings (SSSR count). The van der Waals surface area contributed by atoms with E-state index in [0.717, 1.165) is 32.0 Å². The number of thioether (sulfide) groups is 1. The number of pyridine rings is 1. The van der Waals surface area contributed by atoms with Gasteiger partial charge in [-0.3, -0.25) is 0 Å². The minimum atomic E-state index is 0.688. The average Bonchev–Trinajstić information content (AvgIpc) is 2.35. The molecule has 1 N–H and O–H groups in total. The topological polar surface area (TPSA) is 28.2 Å². The van der Waals surface area contributed by atoms with Crippen LogP contribution < -0.4 is 10.2 Å². The summed E-state index contributed by atoms with van der Waals surface area (Å²) in [5, 5.41) is 4.74. The van der Waals surface area contributed by atoms with E-state index in [4.69, 9.17) is 0 Å². The molecule has 0 spiro atoms. The second kappa shape index (κ2) is 6.43. The minimum Gasteiger partial charge on any atom is -0.354 e. The van der Waals surface area contributed by atoms with Crippen molar-refractivity contribution in [3.63, 3.8) is 0 Å². The van der Waals surface area contributed by atoms with Crippen LogP contribution in [0.2, 0.25) is 0 Å². The monoisotopic (exact) mass is 265 g/mol. The summed E-state index contributed by atoms with van der Waals surface area (Å²) in [5.74, 6) is 1.13. The molecule has 2 atom stereocenters. The van der Waals surface area contributed by atoms with Crippen LogP contribution in [0, 0.1) is 0 Å². The SMILES string of the molecule is CCNCc1ccnc(N2CC(C)SC(C)C2)c1. The smallest absolute Gasteiger partial charge is 0.128 e. The van der Waals surface area contributed by atoms with Gasteiger partial charge in [0.1, 0.15) is 5.82 Å². The molecule has 100 valence electrons. The molecule has 1 fully saturated rings. The van der Waals surface area contributed by atoms with Crippen LogP contribution in [0.25, 0.3) is 0 Å². The first-order chi connectivity index (χ1) is 8.69. The molecule has 18 heavy (non-hydrogen) atoms. The fraction of sp³-hybridized carbons (Fsp3) is 0.643. The van der Waals surface area contributed by atoms with Crippen molar-refractivity contribution in [1.82, 2.24) is 10.3 Å². The number of aromatic nitrogens is 1. The Kier molecular flexibility index (Phi) is 4.89. The van der Waals surface area contributed by atoms with Crippen LogP contribution in [0.4, 0.5) is 5.82 Å². The van der Waals surface area contributed by atoms with Crippen LogP contribution >= 0.6 is 11.8 Å². The minimum absolute atomic E-state index is 0.688. The maximum atomic E-state index is 4.53. The lowest BCUT2D eigenvalue weighted by atomic mass is 10.2. The summed E-state index contributed by atoms with van der Waals surface area (Å²) in [6, 6.07) is 4.32. The Bertz CT molecular complexity index is 373. The van der Waals surface area contributed by atoms with Crippen molar-refractivity contribution in [2.75, 3.05) is 24.5 Å². The Morgan fingerprint density at radius 3 is 2.78 bits per heavy atom. The predicted molar refractivity (Wildman–Crippen MR) is 80.3 cm³/mol. The second-order valence-corrected chi connectivity index (χ2v) is 6.85. The number of nitrogens with zero attached hydrogens (tertiary/aromatic N) is 2. The highest BCUT2D eigenvalue weighted by atomic mass is 32.2. The van der Waals surface area contributed by atoms with E-state index in [2.05, 4.69) is 59.9 Å². The summed E-state index contributed by atoms with van der Waals surface area (Å²) < 4.78 is 0. The molecule has 0 radical (unpaired) electrons. The van der Waals surface area contributed by atoms with Gasteiger partial charge in [-0.1, -0.05) is 20.8 Å². The molecule has 1 aliphatic heterocycles. The lowest BCUT2D eigenvalue weighted by Gasteiger charge is -2.35. The number of hydrogen-bond donors (Lipinski definition) is 1. The third-order valence-electron chi connectivity index (χ3n) is 3.13. The highest BCUT2D eigenvalue weighted by molar-refractivity contribution is 8.00. The Morgan fingerprint density at radius 1 is 1.39 bits per heavy atom. The molecular formula is C14H23N3S. The number of nitrogens with one attached hydrogen (secondary N) is 1. The van der Waals surface area contributed by atoms with E-state index in [0.29, 0.717) is 10.5 Å². The van der Waals surface area contributed by atoms with Crippen LogP contribution in [-0.4, -0.2) is 35.1 Å². The van der Waals surface area contributed by atoms with Crippen LogP contribution in [-0.2, 0) is 6.54 Å². The molecule has 0 amide bonds. The first-order valence-corrected chi connectivity index (χ1v) is 7.69. The standard InChI is InChI=1S/C14H23N3S/c1-4-15-8-13-5-6-16-14(7-13)17-9-11(2)18-12(3)10-17/h5-7,11-12,15H,4,8-10H2,1-3H3. The van der Waals surface area contributed by atoms with Crippen molar-refractivity contribution in [2.24, 2.45) is 0 Å². The van der Waals surface area contributed by atoms with E-state index in [9.17, 15) is 0 Å². The Hall–Kier alpha value is -0.740. The normalized spacial score (nSPS) is 24.3. The number of anilines is 1. The molecule has 1 aliphatic rings. The maximum Gasteiger partial charge on any atom is 0.128 e. The van der Waals surface area contributed by atoms with Gasteiger partial charge in [0.25, 0.3) is 0 Å². The van der Waals surface area contributed by atoms with Gasteiger partial charge < -0.3 is 10.2 Å². The van der Waals surface area contributed by atoms with E-state index < -0.39 is 0 Å². The van der Waals surface area contributed by atoms with Crippen molar-refractivity contribution in [3.8, 4) is 0 Å². The molecule has 1 aromatic rings. The molecule has 1 aromatic heterocycles. The first-order valence-electron chi connectivity index (χ1n) is 6.75. The van der Waals surface area contributed by atoms with Gasteiger partial charge in [-0.15, -0.1) is 0 Å². The Balaban J connectivity index is 2.07. The van der Waals surface area contributed by atoms with Crippen molar-refractivity contribution >= 4 is 17.6 Å². The molecule has 0 saturated carbocycles. The molecule has 2 unspecified atom stereocenters. The first kappa shape index (κ1) is 13.7. The largest absolute Gasteiger partial charge is 0.354 e. The molecular weight excluding hydrogens is 242 g/mol. The zero-order chi connectivity index (χ0) is 13.0. The number of rotatable bonds is 4. The lowest BCUT2D eigenvalue weighted by Crippen LogP contribution is -2.40. The Morgan fingerprint density at radius 2 is 2.11 bits per heavy atom. The van der Waals surface area contributed by atoms with Crippen LogP contribution in [0.3, 0.4) is 0 Å². The van der Waals surface area contributed by atoms with E-state index in [-0.39, 0.29) is 0 Å². The van der Waals surface area contributed by atoms with Gasteiger partial charge in [0.05, 0.1) is 0 Å². The maximum absolute atomic E-state index is 4.53. The summed E-state index contributed by atoms with van der Waals surface area (Å²) in [6.07, 6.45) is 1.93. The van der Waals surface area contributed by atoms with Gasteiger partial charge >= 0.3 is 0 Å². The summed E-state index contributed by atoms with van der Waals surface area (Å²) in [4.78, 5) is 6.95. The van der Waals surface area contributed by atoms with Crippen molar-refractivity contribution in [2.45, 2.75) is 37.8 Å². The second-order valence-electron chi connectivity index (χ2n) is 4.96.